The third kappa shape index (κ3) is 2.97. The number of primary amides is 1. The number of rotatable bonds is 4. The summed E-state index contributed by atoms with van der Waals surface area (Å²) in [5.41, 5.74) is 6.35. The molecule has 1 saturated heterocycles. The quantitative estimate of drug-likeness (QED) is 0.788. The fourth-order valence-electron chi connectivity index (χ4n) is 2.66. The van der Waals surface area contributed by atoms with Crippen molar-refractivity contribution in [3.8, 4) is 0 Å². The van der Waals surface area contributed by atoms with E-state index >= 15 is 0 Å². The van der Waals surface area contributed by atoms with Crippen molar-refractivity contribution >= 4 is 11.8 Å². The topological polar surface area (TPSA) is 123 Å². The van der Waals surface area contributed by atoms with Gasteiger partial charge in [0.2, 0.25) is 5.91 Å². The summed E-state index contributed by atoms with van der Waals surface area (Å²) in [5, 5.41) is 10.7. The van der Waals surface area contributed by atoms with Gasteiger partial charge in [-0.2, -0.15) is 10.2 Å². The molecule has 116 valence electrons. The monoisotopic (exact) mass is 303 g/mol. The molecule has 1 fully saturated rings. The Morgan fingerprint density at radius 3 is 2.73 bits per heavy atom. The molecule has 3 rings (SSSR count). The van der Waals surface area contributed by atoms with Crippen molar-refractivity contribution in [3.63, 3.8) is 0 Å². The van der Waals surface area contributed by atoms with Gasteiger partial charge >= 0.3 is 0 Å². The lowest BCUT2D eigenvalue weighted by molar-refractivity contribution is -0.133. The highest BCUT2D eigenvalue weighted by Crippen LogP contribution is 2.27. The maximum atomic E-state index is 12.2. The van der Waals surface area contributed by atoms with Crippen molar-refractivity contribution < 1.29 is 9.59 Å². The number of carbonyl (C=O) groups is 2. The average Bonchev–Trinajstić information content (AvgIpc) is 3.18. The first-order valence-electron chi connectivity index (χ1n) is 7.09. The van der Waals surface area contributed by atoms with Crippen molar-refractivity contribution in [1.29, 1.82) is 0 Å². The van der Waals surface area contributed by atoms with Gasteiger partial charge in [-0.25, -0.2) is 9.67 Å². The van der Waals surface area contributed by atoms with Crippen LogP contribution in [0.25, 0.3) is 0 Å². The second kappa shape index (κ2) is 5.96. The predicted octanol–water partition coefficient (Wildman–Crippen LogP) is -0.494. The molecule has 1 aliphatic rings. The maximum Gasteiger partial charge on any atom is 0.269 e. The number of hydrogen-bond donors (Lipinski definition) is 2. The standard InChI is InChI=1S/C13H17N7O2/c14-13(22)11-5-10(17-18-11)9-1-3-19(4-2-9)12(21)6-20-8-15-7-16-20/h5,7-9H,1-4,6H2,(H2,14,22)(H,17,18). The highest BCUT2D eigenvalue weighted by Gasteiger charge is 2.25. The summed E-state index contributed by atoms with van der Waals surface area (Å²) in [6.45, 7) is 1.55. The summed E-state index contributed by atoms with van der Waals surface area (Å²) >= 11 is 0. The summed E-state index contributed by atoms with van der Waals surface area (Å²) in [5.74, 6) is -0.245. The minimum Gasteiger partial charge on any atom is -0.364 e. The van der Waals surface area contributed by atoms with E-state index in [2.05, 4.69) is 20.3 Å². The number of aromatic amines is 1. The molecule has 0 bridgehead atoms. The molecule has 0 unspecified atom stereocenters. The van der Waals surface area contributed by atoms with Crippen molar-refractivity contribution in [1.82, 2.24) is 29.9 Å². The zero-order valence-corrected chi connectivity index (χ0v) is 12.0. The Morgan fingerprint density at radius 1 is 1.36 bits per heavy atom. The lowest BCUT2D eigenvalue weighted by Crippen LogP contribution is -2.39. The molecule has 2 aromatic rings. The predicted molar refractivity (Wildman–Crippen MR) is 75.7 cm³/mol. The molecule has 2 amide bonds. The van der Waals surface area contributed by atoms with Crippen molar-refractivity contribution in [2.45, 2.75) is 25.3 Å². The van der Waals surface area contributed by atoms with Crippen LogP contribution in [0.1, 0.15) is 34.9 Å². The zero-order chi connectivity index (χ0) is 15.5. The number of amides is 2. The number of aromatic nitrogens is 5. The van der Waals surface area contributed by atoms with Gasteiger partial charge in [-0.3, -0.25) is 14.7 Å². The molecule has 9 heteroatoms. The zero-order valence-electron chi connectivity index (χ0n) is 12.0. The van der Waals surface area contributed by atoms with E-state index in [1.807, 2.05) is 4.90 Å². The molecule has 9 nitrogen and oxygen atoms in total. The van der Waals surface area contributed by atoms with Crippen molar-refractivity contribution in [3.05, 3.63) is 30.1 Å². The molecular formula is C13H17N7O2. The first-order valence-corrected chi connectivity index (χ1v) is 7.09. The van der Waals surface area contributed by atoms with Gasteiger partial charge in [0.15, 0.2) is 0 Å². The fourth-order valence-corrected chi connectivity index (χ4v) is 2.66. The number of carbonyl (C=O) groups excluding carboxylic acids is 2. The Hall–Kier alpha value is -2.71. The molecule has 2 aromatic heterocycles. The molecular weight excluding hydrogens is 286 g/mol. The van der Waals surface area contributed by atoms with Gasteiger partial charge in [0.05, 0.1) is 0 Å². The molecule has 0 aromatic carbocycles. The minimum atomic E-state index is -0.539. The second-order valence-corrected chi connectivity index (χ2v) is 5.32. The number of piperidine rings is 1. The Kier molecular flexibility index (Phi) is 3.86. The van der Waals surface area contributed by atoms with Crippen LogP contribution in [0.2, 0.25) is 0 Å². The van der Waals surface area contributed by atoms with E-state index in [4.69, 9.17) is 5.73 Å². The second-order valence-electron chi connectivity index (χ2n) is 5.32. The van der Waals surface area contributed by atoms with Crippen LogP contribution in [0.5, 0.6) is 0 Å². The Morgan fingerprint density at radius 2 is 2.14 bits per heavy atom. The number of nitrogens with one attached hydrogen (secondary N) is 1. The molecule has 22 heavy (non-hydrogen) atoms. The van der Waals surface area contributed by atoms with Crippen LogP contribution in [0, 0.1) is 0 Å². The van der Waals surface area contributed by atoms with Crippen LogP contribution < -0.4 is 5.73 Å². The summed E-state index contributed by atoms with van der Waals surface area (Å²) in [6, 6.07) is 1.69. The number of nitrogens with two attached hydrogens (primary N) is 1. The van der Waals surface area contributed by atoms with E-state index in [9.17, 15) is 9.59 Å². The van der Waals surface area contributed by atoms with Gasteiger partial charge in [-0.15, -0.1) is 0 Å². The third-order valence-corrected chi connectivity index (χ3v) is 3.90. The normalized spacial score (nSPS) is 15.9. The summed E-state index contributed by atoms with van der Waals surface area (Å²) < 4.78 is 1.52. The molecule has 0 aliphatic carbocycles. The highest BCUT2D eigenvalue weighted by atomic mass is 16.2. The smallest absolute Gasteiger partial charge is 0.269 e. The first kappa shape index (κ1) is 14.2. The maximum absolute atomic E-state index is 12.2. The molecule has 0 saturated carbocycles. The van der Waals surface area contributed by atoms with Crippen LogP contribution in [0.4, 0.5) is 0 Å². The van der Waals surface area contributed by atoms with Gasteiger partial charge in [0, 0.05) is 24.7 Å². The van der Waals surface area contributed by atoms with Crippen LogP contribution in [0.15, 0.2) is 18.7 Å². The van der Waals surface area contributed by atoms with Crippen LogP contribution in [-0.4, -0.2) is 54.8 Å². The molecule has 3 N–H and O–H groups in total. The molecule has 0 spiro atoms. The molecule has 3 heterocycles. The summed E-state index contributed by atoms with van der Waals surface area (Å²) in [4.78, 5) is 28.9. The number of nitrogens with zero attached hydrogens (tertiary/aromatic N) is 5. The molecule has 0 radical (unpaired) electrons. The van der Waals surface area contributed by atoms with Gasteiger partial charge in [-0.1, -0.05) is 0 Å². The van der Waals surface area contributed by atoms with Crippen molar-refractivity contribution in [2.75, 3.05) is 13.1 Å². The third-order valence-electron chi connectivity index (χ3n) is 3.90. The Bertz CT molecular complexity index is 656. The fraction of sp³-hybridized carbons (Fsp3) is 0.462. The lowest BCUT2D eigenvalue weighted by Gasteiger charge is -2.31. The van der Waals surface area contributed by atoms with E-state index in [0.29, 0.717) is 13.1 Å². The van der Waals surface area contributed by atoms with E-state index in [0.717, 1.165) is 18.5 Å². The minimum absolute atomic E-state index is 0.0337. The lowest BCUT2D eigenvalue weighted by atomic mass is 9.93. The van der Waals surface area contributed by atoms with Gasteiger partial charge < -0.3 is 10.6 Å². The first-order chi connectivity index (χ1) is 10.6. The van der Waals surface area contributed by atoms with Crippen molar-refractivity contribution in [2.24, 2.45) is 5.73 Å². The summed E-state index contributed by atoms with van der Waals surface area (Å²) in [6.07, 6.45) is 4.58. The summed E-state index contributed by atoms with van der Waals surface area (Å²) in [7, 11) is 0. The average molecular weight is 303 g/mol. The van der Waals surface area contributed by atoms with E-state index in [1.165, 1.54) is 17.3 Å². The molecule has 0 atom stereocenters. The number of likely N-dealkylation sites (tertiary alicyclic amines) is 1. The van der Waals surface area contributed by atoms with Crippen LogP contribution >= 0.6 is 0 Å². The van der Waals surface area contributed by atoms with Gasteiger partial charge in [-0.05, 0) is 18.9 Å². The Balaban J connectivity index is 1.55. The van der Waals surface area contributed by atoms with Gasteiger partial charge in [0.1, 0.15) is 24.9 Å². The van der Waals surface area contributed by atoms with Crippen LogP contribution in [0.3, 0.4) is 0 Å². The van der Waals surface area contributed by atoms with E-state index < -0.39 is 5.91 Å². The molecule has 1 aliphatic heterocycles. The van der Waals surface area contributed by atoms with E-state index in [1.54, 1.807) is 6.07 Å². The number of hydrogen-bond acceptors (Lipinski definition) is 5. The van der Waals surface area contributed by atoms with Gasteiger partial charge in [0.25, 0.3) is 5.91 Å². The van der Waals surface area contributed by atoms with Crippen LogP contribution in [-0.2, 0) is 11.3 Å². The largest absolute Gasteiger partial charge is 0.364 e. The highest BCUT2D eigenvalue weighted by molar-refractivity contribution is 5.90. The SMILES string of the molecule is NC(=O)c1cc(C2CCN(C(=O)Cn3cncn3)CC2)[nH]n1. The van der Waals surface area contributed by atoms with E-state index in [-0.39, 0.29) is 24.1 Å². The number of H-pyrrole nitrogens is 1. The Labute approximate surface area is 126 Å².